The molecule has 45 heavy (non-hydrogen) atoms. The highest BCUT2D eigenvalue weighted by Crippen LogP contribution is 2.68. The highest BCUT2D eigenvalue weighted by Gasteiger charge is 2.61. The summed E-state index contributed by atoms with van der Waals surface area (Å²) in [7, 11) is 0. The fourth-order valence-corrected chi connectivity index (χ4v) is 7.55. The van der Waals surface area contributed by atoms with Crippen LogP contribution in [0.25, 0.3) is 22.4 Å². The number of hydrogen-bond donors (Lipinski definition) is 2. The van der Waals surface area contributed by atoms with Gasteiger partial charge in [-0.05, 0) is 70.7 Å². The van der Waals surface area contributed by atoms with E-state index in [2.05, 4.69) is 91.9 Å². The Kier molecular flexibility index (Phi) is 6.14. The third-order valence-electron chi connectivity index (χ3n) is 9.66. The lowest BCUT2D eigenvalue weighted by molar-refractivity contribution is 0.153. The van der Waals surface area contributed by atoms with E-state index in [4.69, 9.17) is 20.5 Å². The van der Waals surface area contributed by atoms with Crippen molar-refractivity contribution < 1.29 is 4.74 Å². The molecule has 0 saturated heterocycles. The first-order valence-corrected chi connectivity index (χ1v) is 15.3. The van der Waals surface area contributed by atoms with E-state index in [-0.39, 0.29) is 11.1 Å². The lowest BCUT2D eigenvalue weighted by atomic mass is 9.52. The van der Waals surface area contributed by atoms with Crippen LogP contribution in [0.15, 0.2) is 151 Å². The SMILES string of the molecule is C[C@]12CC=CC=C1Oc1cc(-c3cccc(C(=N)/C=C\C(=N)c4ccccc4)n3)ccc1C21c2ccccc2-c2ccccc21. The number of ether oxygens (including phenoxy) is 1. The van der Waals surface area contributed by atoms with E-state index in [1.807, 2.05) is 48.5 Å². The molecule has 0 fully saturated rings. The molecule has 1 aliphatic heterocycles. The Morgan fingerprint density at radius 3 is 2.18 bits per heavy atom. The molecule has 2 heterocycles. The zero-order valence-corrected chi connectivity index (χ0v) is 24.9. The molecular weight excluding hydrogens is 550 g/mol. The van der Waals surface area contributed by atoms with Crippen LogP contribution in [0.1, 0.15) is 41.3 Å². The number of hydrogen-bond acceptors (Lipinski definition) is 4. The minimum atomic E-state index is -0.422. The smallest absolute Gasteiger partial charge is 0.132 e. The summed E-state index contributed by atoms with van der Waals surface area (Å²) in [5.41, 5.74) is 9.26. The first-order valence-electron chi connectivity index (χ1n) is 15.3. The highest BCUT2D eigenvalue weighted by atomic mass is 16.5. The third kappa shape index (κ3) is 3.95. The number of benzene rings is 4. The van der Waals surface area contributed by atoms with Crippen molar-refractivity contribution in [2.75, 3.05) is 0 Å². The number of nitrogens with zero attached hydrogens (tertiary/aromatic N) is 1. The molecule has 4 heteroatoms. The Morgan fingerprint density at radius 1 is 0.733 bits per heavy atom. The monoisotopic (exact) mass is 581 g/mol. The van der Waals surface area contributed by atoms with Gasteiger partial charge in [0.2, 0.25) is 0 Å². The van der Waals surface area contributed by atoms with E-state index >= 15 is 0 Å². The van der Waals surface area contributed by atoms with Crippen molar-refractivity contribution in [1.29, 1.82) is 10.8 Å². The lowest BCUT2D eigenvalue weighted by Gasteiger charge is -2.53. The van der Waals surface area contributed by atoms with Crippen molar-refractivity contribution in [3.8, 4) is 28.1 Å². The number of rotatable bonds is 5. The second-order valence-electron chi connectivity index (χ2n) is 12.1. The second-order valence-corrected chi connectivity index (χ2v) is 12.1. The van der Waals surface area contributed by atoms with Crippen molar-refractivity contribution >= 4 is 11.4 Å². The minimum Gasteiger partial charge on any atom is -0.461 e. The normalized spacial score (nSPS) is 18.4. The summed E-state index contributed by atoms with van der Waals surface area (Å²) in [6.07, 6.45) is 10.7. The number of fused-ring (bicyclic) bond motifs is 9. The van der Waals surface area contributed by atoms with Gasteiger partial charge in [0.05, 0.1) is 28.2 Å². The highest BCUT2D eigenvalue weighted by molar-refractivity contribution is 6.13. The summed E-state index contributed by atoms with van der Waals surface area (Å²) in [4.78, 5) is 4.87. The van der Waals surface area contributed by atoms with Gasteiger partial charge in [0, 0.05) is 16.5 Å². The number of pyridine rings is 1. The summed E-state index contributed by atoms with van der Waals surface area (Å²) in [5.74, 6) is 1.80. The molecule has 216 valence electrons. The van der Waals surface area contributed by atoms with Crippen molar-refractivity contribution in [3.63, 3.8) is 0 Å². The predicted molar refractivity (Wildman–Crippen MR) is 181 cm³/mol. The summed E-state index contributed by atoms with van der Waals surface area (Å²) in [6, 6.07) is 39.4. The van der Waals surface area contributed by atoms with E-state index in [1.165, 1.54) is 22.3 Å². The molecule has 8 rings (SSSR count). The molecule has 0 bridgehead atoms. The Bertz CT molecular complexity index is 2070. The molecule has 2 N–H and O–H groups in total. The van der Waals surface area contributed by atoms with Crippen LogP contribution in [0, 0.1) is 16.2 Å². The van der Waals surface area contributed by atoms with Crippen LogP contribution in [0.2, 0.25) is 0 Å². The van der Waals surface area contributed by atoms with Crippen LogP contribution in [-0.2, 0) is 5.41 Å². The Labute approximate surface area is 263 Å². The van der Waals surface area contributed by atoms with E-state index in [9.17, 15) is 0 Å². The average Bonchev–Trinajstić information content (AvgIpc) is 3.39. The maximum atomic E-state index is 8.68. The zero-order chi connectivity index (χ0) is 30.6. The van der Waals surface area contributed by atoms with Gasteiger partial charge in [0.25, 0.3) is 0 Å². The fourth-order valence-electron chi connectivity index (χ4n) is 7.55. The van der Waals surface area contributed by atoms with Crippen LogP contribution in [0.3, 0.4) is 0 Å². The van der Waals surface area contributed by atoms with Crippen LogP contribution in [0.5, 0.6) is 5.75 Å². The second kappa shape index (κ2) is 10.2. The molecule has 4 aromatic carbocycles. The van der Waals surface area contributed by atoms with Crippen molar-refractivity contribution in [3.05, 3.63) is 179 Å². The van der Waals surface area contributed by atoms with Crippen molar-refractivity contribution in [1.82, 2.24) is 4.98 Å². The predicted octanol–water partition coefficient (Wildman–Crippen LogP) is 9.30. The average molecular weight is 582 g/mol. The van der Waals surface area contributed by atoms with Crippen LogP contribution < -0.4 is 4.74 Å². The molecule has 0 saturated carbocycles. The molecule has 4 nitrogen and oxygen atoms in total. The van der Waals surface area contributed by atoms with Crippen LogP contribution in [0.4, 0.5) is 0 Å². The van der Waals surface area contributed by atoms with Gasteiger partial charge in [-0.15, -0.1) is 0 Å². The largest absolute Gasteiger partial charge is 0.461 e. The molecule has 0 radical (unpaired) electrons. The van der Waals surface area contributed by atoms with Crippen molar-refractivity contribution in [2.24, 2.45) is 5.41 Å². The number of aromatic nitrogens is 1. The summed E-state index contributed by atoms with van der Waals surface area (Å²) in [5, 5.41) is 17.0. The van der Waals surface area contributed by atoms with Crippen LogP contribution in [-0.4, -0.2) is 16.4 Å². The topological polar surface area (TPSA) is 69.8 Å². The van der Waals surface area contributed by atoms with Gasteiger partial charge >= 0.3 is 0 Å². The van der Waals surface area contributed by atoms with Crippen molar-refractivity contribution in [2.45, 2.75) is 18.8 Å². The number of allylic oxidation sites excluding steroid dienone is 6. The molecule has 3 aliphatic rings. The van der Waals surface area contributed by atoms with Gasteiger partial charge in [-0.2, -0.15) is 0 Å². The first kappa shape index (κ1) is 27.0. The fraction of sp³-hybridized carbons (Fsp3) is 0.0976. The summed E-state index contributed by atoms with van der Waals surface area (Å²) >= 11 is 0. The molecule has 1 atom stereocenters. The van der Waals surface area contributed by atoms with Gasteiger partial charge in [0.1, 0.15) is 11.5 Å². The van der Waals surface area contributed by atoms with Gasteiger partial charge in [-0.1, -0.05) is 116 Å². The Balaban J connectivity index is 1.23. The molecule has 0 amide bonds. The molecule has 5 aromatic rings. The molecular formula is C41H31N3O. The summed E-state index contributed by atoms with van der Waals surface area (Å²) < 4.78 is 6.81. The first-order chi connectivity index (χ1) is 22.0. The maximum absolute atomic E-state index is 8.68. The number of nitrogens with one attached hydrogen (secondary N) is 2. The molecule has 2 aliphatic carbocycles. The molecule has 1 aromatic heterocycles. The molecule has 1 spiro atoms. The van der Waals surface area contributed by atoms with E-state index < -0.39 is 5.41 Å². The van der Waals surface area contributed by atoms with Gasteiger partial charge < -0.3 is 10.1 Å². The van der Waals surface area contributed by atoms with Crippen LogP contribution >= 0.6 is 0 Å². The van der Waals surface area contributed by atoms with E-state index in [0.29, 0.717) is 11.4 Å². The Hall–Kier alpha value is -5.61. The Morgan fingerprint density at radius 2 is 1.42 bits per heavy atom. The zero-order valence-electron chi connectivity index (χ0n) is 24.9. The van der Waals surface area contributed by atoms with E-state index in [1.54, 1.807) is 12.2 Å². The van der Waals surface area contributed by atoms with Gasteiger partial charge in [-0.3, -0.25) is 5.41 Å². The lowest BCUT2D eigenvalue weighted by Crippen LogP contribution is -2.50. The quantitative estimate of drug-likeness (QED) is 0.203. The standard InChI is InChI=1S/C41H31N3O/c1-40-25-10-9-20-39(40)45-38-26-28(36-18-11-19-37(44-36)35(43)24-23-34(42)27-12-3-2-4-13-27)21-22-33(38)41(40)31-16-7-5-14-29(31)30-15-6-8-17-32(30)41/h2-24,26,42-43H,25H2,1H3/b24-23-,42-34?,43-35?/t40-/m0/s1. The van der Waals surface area contributed by atoms with Gasteiger partial charge in [0.15, 0.2) is 0 Å². The van der Waals surface area contributed by atoms with E-state index in [0.717, 1.165) is 40.3 Å². The maximum Gasteiger partial charge on any atom is 0.132 e. The molecule has 0 unspecified atom stereocenters. The summed E-state index contributed by atoms with van der Waals surface area (Å²) in [6.45, 7) is 2.35. The minimum absolute atomic E-state index is 0.250. The van der Waals surface area contributed by atoms with Gasteiger partial charge in [-0.25, -0.2) is 4.98 Å². The third-order valence-corrected chi connectivity index (χ3v) is 9.66.